The monoisotopic (exact) mass is 296 g/mol. The Morgan fingerprint density at radius 2 is 1.86 bits per heavy atom. The normalized spacial score (nSPS) is 22.0. The van der Waals surface area contributed by atoms with Crippen LogP contribution in [0.2, 0.25) is 0 Å². The van der Waals surface area contributed by atoms with Gasteiger partial charge in [-0.05, 0) is 12.8 Å². The predicted octanol–water partition coefficient (Wildman–Crippen LogP) is -0.153. The van der Waals surface area contributed by atoms with Crippen LogP contribution < -0.4 is 16.0 Å². The Labute approximate surface area is 127 Å². The Hall–Kier alpha value is -1.14. The van der Waals surface area contributed by atoms with Crippen molar-refractivity contribution in [3.05, 3.63) is 0 Å². The summed E-state index contributed by atoms with van der Waals surface area (Å²) in [5.41, 5.74) is 0.186. The first-order valence-electron chi connectivity index (χ1n) is 8.09. The van der Waals surface area contributed by atoms with Crippen LogP contribution in [0.15, 0.2) is 0 Å². The van der Waals surface area contributed by atoms with Gasteiger partial charge in [-0.15, -0.1) is 0 Å². The molecule has 6 heteroatoms. The number of hydrogen-bond donors (Lipinski definition) is 3. The number of nitrogens with zero attached hydrogens (tertiary/aromatic N) is 1. The van der Waals surface area contributed by atoms with Crippen molar-refractivity contribution in [1.82, 2.24) is 20.9 Å². The van der Waals surface area contributed by atoms with Gasteiger partial charge in [0.05, 0.1) is 6.54 Å². The summed E-state index contributed by atoms with van der Waals surface area (Å²) in [4.78, 5) is 25.2. The highest BCUT2D eigenvalue weighted by Crippen LogP contribution is 2.34. The predicted molar refractivity (Wildman–Crippen MR) is 82.0 cm³/mol. The van der Waals surface area contributed by atoms with Crippen molar-refractivity contribution >= 4 is 11.8 Å². The first-order chi connectivity index (χ1) is 10.1. The van der Waals surface area contributed by atoms with Crippen molar-refractivity contribution < 1.29 is 9.59 Å². The second-order valence-electron chi connectivity index (χ2n) is 6.22. The van der Waals surface area contributed by atoms with Crippen LogP contribution in [0.5, 0.6) is 0 Å². The quantitative estimate of drug-likeness (QED) is 0.617. The lowest BCUT2D eigenvalue weighted by Gasteiger charge is -2.49. The van der Waals surface area contributed by atoms with Gasteiger partial charge in [-0.25, -0.2) is 0 Å². The molecule has 1 heterocycles. The molecule has 6 nitrogen and oxygen atoms in total. The minimum absolute atomic E-state index is 0.0622. The lowest BCUT2D eigenvalue weighted by atomic mass is 9.79. The van der Waals surface area contributed by atoms with Gasteiger partial charge in [-0.3, -0.25) is 14.5 Å². The number of rotatable bonds is 5. The fourth-order valence-electron chi connectivity index (χ4n) is 3.50. The Balaban J connectivity index is 1.79. The van der Waals surface area contributed by atoms with E-state index in [0.29, 0.717) is 19.6 Å². The topological polar surface area (TPSA) is 73.5 Å². The van der Waals surface area contributed by atoms with Crippen molar-refractivity contribution in [2.75, 3.05) is 39.3 Å². The van der Waals surface area contributed by atoms with Crippen molar-refractivity contribution in [2.45, 2.75) is 44.6 Å². The molecule has 2 amide bonds. The summed E-state index contributed by atoms with van der Waals surface area (Å²) in [6.45, 7) is 5.86. The number of hydrogen-bond acceptors (Lipinski definition) is 4. The largest absolute Gasteiger partial charge is 0.355 e. The summed E-state index contributed by atoms with van der Waals surface area (Å²) in [5.74, 6) is -0.000266. The smallest absolute Gasteiger partial charge is 0.234 e. The molecule has 3 N–H and O–H groups in total. The van der Waals surface area contributed by atoms with Crippen LogP contribution in [0, 0.1) is 0 Å². The lowest BCUT2D eigenvalue weighted by Crippen LogP contribution is -2.63. The molecular weight excluding hydrogens is 268 g/mol. The Morgan fingerprint density at radius 1 is 1.14 bits per heavy atom. The zero-order valence-electron chi connectivity index (χ0n) is 13.0. The third-order valence-electron chi connectivity index (χ3n) is 4.62. The molecule has 0 unspecified atom stereocenters. The molecule has 0 radical (unpaired) electrons. The van der Waals surface area contributed by atoms with Gasteiger partial charge in [-0.2, -0.15) is 0 Å². The molecule has 21 heavy (non-hydrogen) atoms. The van der Waals surface area contributed by atoms with Crippen LogP contribution in [0.1, 0.15) is 39.0 Å². The van der Waals surface area contributed by atoms with Crippen molar-refractivity contribution in [3.63, 3.8) is 0 Å². The molecule has 1 aliphatic heterocycles. The summed E-state index contributed by atoms with van der Waals surface area (Å²) in [6.07, 6.45) is 6.24. The second kappa shape index (κ2) is 7.75. The zero-order chi connectivity index (χ0) is 15.1. The van der Waals surface area contributed by atoms with Crippen molar-refractivity contribution in [2.24, 2.45) is 0 Å². The molecule has 120 valence electrons. The van der Waals surface area contributed by atoms with E-state index in [4.69, 9.17) is 0 Å². The average molecular weight is 296 g/mol. The van der Waals surface area contributed by atoms with Crippen LogP contribution in [0.4, 0.5) is 0 Å². The van der Waals surface area contributed by atoms with E-state index in [9.17, 15) is 9.59 Å². The Kier molecular flexibility index (Phi) is 5.99. The van der Waals surface area contributed by atoms with E-state index in [1.54, 1.807) is 0 Å². The first-order valence-corrected chi connectivity index (χ1v) is 8.09. The van der Waals surface area contributed by atoms with E-state index in [1.165, 1.54) is 39.0 Å². The van der Waals surface area contributed by atoms with Crippen molar-refractivity contribution in [1.29, 1.82) is 0 Å². The Bertz CT molecular complexity index is 358. The number of piperazine rings is 1. The standard InChI is InChI=1S/C15H28N4O2/c1-13(20)17-7-8-18-14(21)11-19-10-9-16-12-15(19)5-3-2-4-6-15/h16H,2-12H2,1H3,(H,17,20)(H,18,21). The fourth-order valence-corrected chi connectivity index (χ4v) is 3.50. The average Bonchev–Trinajstić information content (AvgIpc) is 2.47. The molecule has 2 aliphatic rings. The molecule has 2 rings (SSSR count). The van der Waals surface area contributed by atoms with E-state index in [1.807, 2.05) is 0 Å². The molecular formula is C15H28N4O2. The Morgan fingerprint density at radius 3 is 2.57 bits per heavy atom. The first kappa shape index (κ1) is 16.2. The number of carbonyl (C=O) groups excluding carboxylic acids is 2. The van der Waals surface area contributed by atoms with Gasteiger partial charge in [0, 0.05) is 45.2 Å². The van der Waals surface area contributed by atoms with E-state index in [-0.39, 0.29) is 17.4 Å². The summed E-state index contributed by atoms with van der Waals surface area (Å²) in [6, 6.07) is 0. The third kappa shape index (κ3) is 4.68. The van der Waals surface area contributed by atoms with Gasteiger partial charge in [0.25, 0.3) is 0 Å². The van der Waals surface area contributed by atoms with Gasteiger partial charge in [0.15, 0.2) is 0 Å². The van der Waals surface area contributed by atoms with E-state index in [2.05, 4.69) is 20.9 Å². The summed E-state index contributed by atoms with van der Waals surface area (Å²) >= 11 is 0. The van der Waals surface area contributed by atoms with Crippen LogP contribution in [0.25, 0.3) is 0 Å². The molecule has 1 spiro atoms. The van der Waals surface area contributed by atoms with E-state index in [0.717, 1.165) is 19.6 Å². The third-order valence-corrected chi connectivity index (χ3v) is 4.62. The zero-order valence-corrected chi connectivity index (χ0v) is 13.0. The molecule has 1 saturated heterocycles. The van der Waals surface area contributed by atoms with Crippen LogP contribution in [-0.4, -0.2) is 61.5 Å². The molecule has 0 aromatic heterocycles. The van der Waals surface area contributed by atoms with Gasteiger partial charge < -0.3 is 16.0 Å². The highest BCUT2D eigenvalue weighted by molar-refractivity contribution is 5.78. The summed E-state index contributed by atoms with van der Waals surface area (Å²) < 4.78 is 0. The minimum Gasteiger partial charge on any atom is -0.355 e. The molecule has 0 aromatic rings. The van der Waals surface area contributed by atoms with Crippen LogP contribution in [-0.2, 0) is 9.59 Å². The molecule has 0 bridgehead atoms. The molecule has 1 aliphatic carbocycles. The van der Waals surface area contributed by atoms with Crippen LogP contribution >= 0.6 is 0 Å². The number of carbonyl (C=O) groups is 2. The molecule has 0 aromatic carbocycles. The molecule has 2 fully saturated rings. The molecule has 1 saturated carbocycles. The van der Waals surface area contributed by atoms with Gasteiger partial charge in [0.1, 0.15) is 0 Å². The maximum Gasteiger partial charge on any atom is 0.234 e. The molecule has 0 atom stereocenters. The van der Waals surface area contributed by atoms with Gasteiger partial charge in [-0.1, -0.05) is 19.3 Å². The highest BCUT2D eigenvalue weighted by Gasteiger charge is 2.40. The minimum atomic E-state index is -0.0625. The summed E-state index contributed by atoms with van der Waals surface area (Å²) in [5, 5.41) is 9.07. The van der Waals surface area contributed by atoms with Crippen LogP contribution in [0.3, 0.4) is 0 Å². The fraction of sp³-hybridized carbons (Fsp3) is 0.867. The van der Waals surface area contributed by atoms with E-state index < -0.39 is 0 Å². The van der Waals surface area contributed by atoms with E-state index >= 15 is 0 Å². The van der Waals surface area contributed by atoms with Gasteiger partial charge >= 0.3 is 0 Å². The maximum atomic E-state index is 12.1. The SMILES string of the molecule is CC(=O)NCCNC(=O)CN1CCNCC12CCCCC2. The summed E-state index contributed by atoms with van der Waals surface area (Å²) in [7, 11) is 0. The maximum absolute atomic E-state index is 12.1. The highest BCUT2D eigenvalue weighted by atomic mass is 16.2. The number of amides is 2. The number of nitrogens with one attached hydrogen (secondary N) is 3. The van der Waals surface area contributed by atoms with Gasteiger partial charge in [0.2, 0.25) is 11.8 Å². The van der Waals surface area contributed by atoms with Crippen molar-refractivity contribution in [3.8, 4) is 0 Å². The lowest BCUT2D eigenvalue weighted by molar-refractivity contribution is -0.125. The second-order valence-corrected chi connectivity index (χ2v) is 6.22.